The van der Waals surface area contributed by atoms with Crippen LogP contribution >= 0.6 is 0 Å². The quantitative estimate of drug-likeness (QED) is 0.712. The van der Waals surface area contributed by atoms with Crippen LogP contribution in [0.5, 0.6) is 23.5 Å². The normalized spacial score (nSPS) is 10.2. The van der Waals surface area contributed by atoms with Gasteiger partial charge in [0.15, 0.2) is 0 Å². The van der Waals surface area contributed by atoms with Gasteiger partial charge in [0.1, 0.15) is 17.8 Å². The highest BCUT2D eigenvalue weighted by atomic mass is 16.5. The molecule has 110 valence electrons. The molecule has 0 aliphatic heterocycles. The number of nitrogen functional groups attached to an aromatic ring is 2. The highest BCUT2D eigenvalue weighted by Gasteiger charge is 2.06. The molecule has 0 fully saturated rings. The third-order valence-electron chi connectivity index (χ3n) is 2.71. The zero-order chi connectivity index (χ0) is 15.4. The maximum Gasteiger partial charge on any atom is 0.328 e. The van der Waals surface area contributed by atoms with Gasteiger partial charge in [-0.25, -0.2) is 0 Å². The summed E-state index contributed by atoms with van der Waals surface area (Å²) in [6, 6.07) is 14.0. The van der Waals surface area contributed by atoms with E-state index in [9.17, 15) is 0 Å². The molecule has 0 aliphatic carbocycles. The topological polar surface area (TPSA) is 109 Å². The van der Waals surface area contributed by atoms with E-state index < -0.39 is 0 Å². The fourth-order valence-electron chi connectivity index (χ4n) is 1.65. The average Bonchev–Trinajstić information content (AvgIpc) is 2.52. The molecule has 7 nitrogen and oxygen atoms in total. The maximum absolute atomic E-state index is 5.62. The molecule has 0 saturated heterocycles. The van der Waals surface area contributed by atoms with Crippen LogP contribution in [0.1, 0.15) is 0 Å². The molecule has 3 rings (SSSR count). The summed E-state index contributed by atoms with van der Waals surface area (Å²) in [6.45, 7) is 0. The molecule has 3 aromatic rings. The number of hydrogen-bond acceptors (Lipinski definition) is 7. The van der Waals surface area contributed by atoms with E-state index in [1.807, 2.05) is 0 Å². The van der Waals surface area contributed by atoms with Crippen molar-refractivity contribution in [3.63, 3.8) is 0 Å². The number of nitrogens with two attached hydrogens (primary N) is 2. The number of benzene rings is 2. The van der Waals surface area contributed by atoms with Crippen LogP contribution < -0.4 is 20.9 Å². The second kappa shape index (κ2) is 5.96. The van der Waals surface area contributed by atoms with E-state index in [-0.39, 0.29) is 12.0 Å². The lowest BCUT2D eigenvalue weighted by atomic mass is 10.3. The fraction of sp³-hybridized carbons (Fsp3) is 0. The Kier molecular flexibility index (Phi) is 3.69. The summed E-state index contributed by atoms with van der Waals surface area (Å²) in [5, 5.41) is 0. The van der Waals surface area contributed by atoms with Crippen molar-refractivity contribution in [3.05, 3.63) is 54.9 Å². The zero-order valence-corrected chi connectivity index (χ0v) is 11.5. The third-order valence-corrected chi connectivity index (χ3v) is 2.71. The van der Waals surface area contributed by atoms with E-state index in [2.05, 4.69) is 15.0 Å². The lowest BCUT2D eigenvalue weighted by Gasteiger charge is -2.06. The number of aromatic nitrogens is 3. The van der Waals surface area contributed by atoms with Crippen molar-refractivity contribution in [1.82, 2.24) is 15.0 Å². The van der Waals surface area contributed by atoms with Crippen LogP contribution in [0.15, 0.2) is 54.9 Å². The first-order valence-electron chi connectivity index (χ1n) is 6.45. The van der Waals surface area contributed by atoms with Crippen LogP contribution in [0.2, 0.25) is 0 Å². The van der Waals surface area contributed by atoms with Crippen molar-refractivity contribution in [2.45, 2.75) is 0 Å². The van der Waals surface area contributed by atoms with Crippen molar-refractivity contribution < 1.29 is 9.47 Å². The van der Waals surface area contributed by atoms with Crippen molar-refractivity contribution in [3.8, 4) is 23.5 Å². The molecule has 0 unspecified atom stereocenters. The molecule has 7 heteroatoms. The molecule has 1 heterocycles. The molecule has 4 N–H and O–H groups in total. The molecule has 2 aromatic carbocycles. The van der Waals surface area contributed by atoms with Crippen LogP contribution in [-0.2, 0) is 0 Å². The van der Waals surface area contributed by atoms with Crippen LogP contribution in [-0.4, -0.2) is 15.0 Å². The van der Waals surface area contributed by atoms with Crippen molar-refractivity contribution in [1.29, 1.82) is 0 Å². The minimum Gasteiger partial charge on any atom is -0.424 e. The van der Waals surface area contributed by atoms with E-state index in [0.717, 1.165) is 0 Å². The summed E-state index contributed by atoms with van der Waals surface area (Å²) in [6.07, 6.45) is 1.31. The number of nitrogens with zero attached hydrogens (tertiary/aromatic N) is 3. The molecule has 0 aliphatic rings. The molecule has 0 radical (unpaired) electrons. The first-order chi connectivity index (χ1) is 10.7. The van der Waals surface area contributed by atoms with Crippen molar-refractivity contribution >= 4 is 11.4 Å². The Morgan fingerprint density at radius 2 is 1.05 bits per heavy atom. The van der Waals surface area contributed by atoms with Gasteiger partial charge in [0.05, 0.1) is 0 Å². The van der Waals surface area contributed by atoms with Crippen LogP contribution in [0.4, 0.5) is 11.4 Å². The van der Waals surface area contributed by atoms with Gasteiger partial charge in [-0.05, 0) is 48.5 Å². The molecule has 22 heavy (non-hydrogen) atoms. The lowest BCUT2D eigenvalue weighted by molar-refractivity contribution is 0.397. The highest BCUT2D eigenvalue weighted by molar-refractivity contribution is 5.43. The summed E-state index contributed by atoms with van der Waals surface area (Å²) < 4.78 is 11.0. The molecule has 0 spiro atoms. The van der Waals surface area contributed by atoms with E-state index in [0.29, 0.717) is 22.9 Å². The zero-order valence-electron chi connectivity index (χ0n) is 11.5. The van der Waals surface area contributed by atoms with E-state index in [1.54, 1.807) is 48.5 Å². The van der Waals surface area contributed by atoms with Gasteiger partial charge < -0.3 is 20.9 Å². The van der Waals surface area contributed by atoms with E-state index >= 15 is 0 Å². The highest BCUT2D eigenvalue weighted by Crippen LogP contribution is 2.22. The van der Waals surface area contributed by atoms with Crippen LogP contribution in [0.3, 0.4) is 0 Å². The Hall–Kier alpha value is -3.35. The number of rotatable bonds is 4. The minimum absolute atomic E-state index is 0.130. The first-order valence-corrected chi connectivity index (χ1v) is 6.45. The van der Waals surface area contributed by atoms with Gasteiger partial charge in [0, 0.05) is 11.4 Å². The molecule has 0 amide bonds. The largest absolute Gasteiger partial charge is 0.424 e. The molecule has 1 aromatic heterocycles. The van der Waals surface area contributed by atoms with Crippen LogP contribution in [0, 0.1) is 0 Å². The molecule has 0 atom stereocenters. The lowest BCUT2D eigenvalue weighted by Crippen LogP contribution is -1.97. The SMILES string of the molecule is Nc1ccc(Oc2ncnc(Oc3ccc(N)cc3)n2)cc1. The van der Waals surface area contributed by atoms with Crippen molar-refractivity contribution in [2.75, 3.05) is 11.5 Å². The number of hydrogen-bond donors (Lipinski definition) is 2. The predicted octanol–water partition coefficient (Wildman–Crippen LogP) is 2.62. The molecular weight excluding hydrogens is 282 g/mol. The van der Waals surface area contributed by atoms with Gasteiger partial charge in [-0.15, -0.1) is 4.98 Å². The predicted molar refractivity (Wildman–Crippen MR) is 81.7 cm³/mol. The standard InChI is InChI=1S/C15H13N5O2/c16-10-1-5-12(6-2-10)21-14-18-9-19-15(20-14)22-13-7-3-11(17)4-8-13/h1-9H,16-17H2. The van der Waals surface area contributed by atoms with Gasteiger partial charge in [0.25, 0.3) is 0 Å². The molecule has 0 saturated carbocycles. The summed E-state index contributed by atoms with van der Waals surface area (Å²) in [7, 11) is 0. The third kappa shape index (κ3) is 3.40. The molecule has 0 bridgehead atoms. The Labute approximate surface area is 126 Å². The van der Waals surface area contributed by atoms with Gasteiger partial charge in [0.2, 0.25) is 0 Å². The Morgan fingerprint density at radius 1 is 0.636 bits per heavy atom. The summed E-state index contributed by atoms with van der Waals surface area (Å²) in [4.78, 5) is 12.0. The molecular formula is C15H13N5O2. The second-order valence-corrected chi connectivity index (χ2v) is 4.39. The second-order valence-electron chi connectivity index (χ2n) is 4.39. The van der Waals surface area contributed by atoms with Crippen molar-refractivity contribution in [2.24, 2.45) is 0 Å². The summed E-state index contributed by atoms with van der Waals surface area (Å²) in [5.74, 6) is 1.14. The maximum atomic E-state index is 5.62. The number of anilines is 2. The van der Waals surface area contributed by atoms with E-state index in [4.69, 9.17) is 20.9 Å². The smallest absolute Gasteiger partial charge is 0.328 e. The van der Waals surface area contributed by atoms with Gasteiger partial charge in [-0.1, -0.05) is 0 Å². The Morgan fingerprint density at radius 3 is 1.45 bits per heavy atom. The summed E-state index contributed by atoms with van der Waals surface area (Å²) in [5.41, 5.74) is 12.5. The van der Waals surface area contributed by atoms with Crippen LogP contribution in [0.25, 0.3) is 0 Å². The van der Waals surface area contributed by atoms with Gasteiger partial charge in [-0.3, -0.25) is 0 Å². The monoisotopic (exact) mass is 295 g/mol. The Balaban J connectivity index is 1.74. The van der Waals surface area contributed by atoms with Gasteiger partial charge >= 0.3 is 12.0 Å². The fourth-order valence-corrected chi connectivity index (χ4v) is 1.65. The average molecular weight is 295 g/mol. The first kappa shape index (κ1) is 13.6. The summed E-state index contributed by atoms with van der Waals surface area (Å²) >= 11 is 0. The minimum atomic E-state index is 0.130. The van der Waals surface area contributed by atoms with Gasteiger partial charge in [-0.2, -0.15) is 9.97 Å². The Bertz CT molecular complexity index is 697. The number of ether oxygens (including phenoxy) is 2. The van der Waals surface area contributed by atoms with E-state index in [1.165, 1.54) is 6.33 Å².